The molecule has 0 aliphatic heterocycles. The molecule has 0 amide bonds. The number of rotatable bonds is 5. The van der Waals surface area contributed by atoms with Crippen molar-refractivity contribution in [2.75, 3.05) is 0 Å². The van der Waals surface area contributed by atoms with Crippen molar-refractivity contribution < 1.29 is 12.8 Å². The van der Waals surface area contributed by atoms with Gasteiger partial charge in [-0.05, 0) is 36.4 Å². The van der Waals surface area contributed by atoms with E-state index in [2.05, 4.69) is 14.9 Å². The summed E-state index contributed by atoms with van der Waals surface area (Å²) in [7, 11) is -3.66. The average molecular weight is 390 g/mol. The van der Waals surface area contributed by atoms with Gasteiger partial charge in [-0.3, -0.25) is 0 Å². The fourth-order valence-electron chi connectivity index (χ4n) is 1.70. The Morgan fingerprint density at radius 2 is 1.83 bits per heavy atom. The molecule has 0 unspecified atom stereocenters. The van der Waals surface area contributed by atoms with Gasteiger partial charge in [0.2, 0.25) is 11.8 Å². The molecule has 2 aromatic heterocycles. The molecular formula is C13H9Cl2N3O3S2. The molecule has 1 aromatic carbocycles. The highest BCUT2D eigenvalue weighted by atomic mass is 35.5. The summed E-state index contributed by atoms with van der Waals surface area (Å²) in [5.74, 6) is 0.441. The van der Waals surface area contributed by atoms with E-state index in [-0.39, 0.29) is 22.5 Å². The zero-order chi connectivity index (χ0) is 16.4. The van der Waals surface area contributed by atoms with Crippen molar-refractivity contribution in [3.63, 3.8) is 0 Å². The lowest BCUT2D eigenvalue weighted by Gasteiger charge is -2.01. The third kappa shape index (κ3) is 3.91. The average Bonchev–Trinajstić information content (AvgIpc) is 3.15. The van der Waals surface area contributed by atoms with Gasteiger partial charge in [-0.2, -0.15) is 0 Å². The monoisotopic (exact) mass is 389 g/mol. The normalized spacial score (nSPS) is 11.7. The highest BCUT2D eigenvalue weighted by molar-refractivity contribution is 7.91. The Morgan fingerprint density at radius 1 is 1.09 bits per heavy atom. The van der Waals surface area contributed by atoms with Crippen LogP contribution in [0.2, 0.25) is 9.36 Å². The molecule has 3 rings (SSSR count). The lowest BCUT2D eigenvalue weighted by molar-refractivity contribution is 0.494. The molecule has 2 heterocycles. The van der Waals surface area contributed by atoms with Gasteiger partial charge in [-0.25, -0.2) is 13.1 Å². The molecular weight excluding hydrogens is 381 g/mol. The topological polar surface area (TPSA) is 85.1 Å². The van der Waals surface area contributed by atoms with Crippen LogP contribution in [0, 0.1) is 0 Å². The number of hydrogen-bond acceptors (Lipinski definition) is 6. The van der Waals surface area contributed by atoms with Crippen LogP contribution in [-0.4, -0.2) is 18.6 Å². The SMILES string of the molecule is O=S(=O)(NCc1nnc(-c2ccc(Cl)cc2)o1)c1ccc(Cl)s1. The van der Waals surface area contributed by atoms with Gasteiger partial charge in [0.05, 0.1) is 10.9 Å². The van der Waals surface area contributed by atoms with Gasteiger partial charge >= 0.3 is 0 Å². The Kier molecular flexibility index (Phi) is 4.69. The van der Waals surface area contributed by atoms with Gasteiger partial charge < -0.3 is 4.42 Å². The Hall–Kier alpha value is -1.45. The van der Waals surface area contributed by atoms with Gasteiger partial charge in [0.1, 0.15) is 4.21 Å². The fraction of sp³-hybridized carbons (Fsp3) is 0.0769. The molecule has 23 heavy (non-hydrogen) atoms. The second kappa shape index (κ2) is 6.58. The van der Waals surface area contributed by atoms with Crippen molar-refractivity contribution >= 4 is 44.6 Å². The molecule has 0 aliphatic carbocycles. The van der Waals surface area contributed by atoms with Gasteiger partial charge in [-0.1, -0.05) is 23.2 Å². The second-order valence-corrected chi connectivity index (χ2v) is 8.54. The highest BCUT2D eigenvalue weighted by Crippen LogP contribution is 2.25. The summed E-state index contributed by atoms with van der Waals surface area (Å²) >= 11 is 12.5. The van der Waals surface area contributed by atoms with Crippen LogP contribution >= 0.6 is 34.5 Å². The van der Waals surface area contributed by atoms with Crippen LogP contribution in [0.5, 0.6) is 0 Å². The number of halogens is 2. The van der Waals surface area contributed by atoms with Crippen LogP contribution in [-0.2, 0) is 16.6 Å². The summed E-state index contributed by atoms with van der Waals surface area (Å²) in [6, 6.07) is 9.82. The zero-order valence-electron chi connectivity index (χ0n) is 11.4. The second-order valence-electron chi connectivity index (χ2n) is 4.39. The largest absolute Gasteiger partial charge is 0.419 e. The predicted molar refractivity (Wildman–Crippen MR) is 88.1 cm³/mol. The maximum Gasteiger partial charge on any atom is 0.250 e. The molecule has 0 bridgehead atoms. The van der Waals surface area contributed by atoms with E-state index >= 15 is 0 Å². The summed E-state index contributed by atoms with van der Waals surface area (Å²) in [5.41, 5.74) is 0.695. The van der Waals surface area contributed by atoms with Crippen molar-refractivity contribution in [2.45, 2.75) is 10.8 Å². The summed E-state index contributed by atoms with van der Waals surface area (Å²) in [6.45, 7) is -0.113. The third-order valence-electron chi connectivity index (χ3n) is 2.78. The first-order valence-electron chi connectivity index (χ1n) is 6.27. The number of hydrogen-bond donors (Lipinski definition) is 1. The van der Waals surface area contributed by atoms with Crippen LogP contribution in [0.15, 0.2) is 45.0 Å². The van der Waals surface area contributed by atoms with Crippen molar-refractivity contribution in [1.82, 2.24) is 14.9 Å². The lowest BCUT2D eigenvalue weighted by atomic mass is 10.2. The minimum atomic E-state index is -3.66. The van der Waals surface area contributed by atoms with Crippen molar-refractivity contribution in [2.24, 2.45) is 0 Å². The number of nitrogens with zero attached hydrogens (tertiary/aromatic N) is 2. The van der Waals surface area contributed by atoms with E-state index in [9.17, 15) is 8.42 Å². The van der Waals surface area contributed by atoms with Gasteiger partial charge in [0.25, 0.3) is 10.0 Å². The summed E-state index contributed by atoms with van der Waals surface area (Å²) in [4.78, 5) is 0. The molecule has 6 nitrogen and oxygen atoms in total. The molecule has 3 aromatic rings. The van der Waals surface area contributed by atoms with E-state index in [1.807, 2.05) is 0 Å². The summed E-state index contributed by atoms with van der Waals surface area (Å²) < 4.78 is 32.5. The minimum Gasteiger partial charge on any atom is -0.419 e. The summed E-state index contributed by atoms with van der Waals surface area (Å²) in [5, 5.41) is 8.29. The standard InChI is InChI=1S/C13H9Cl2N3O3S2/c14-9-3-1-8(2-4-9)13-18-17-11(21-13)7-16-23(19,20)12-6-5-10(15)22-12/h1-6,16H,7H2. The van der Waals surface area contributed by atoms with Crippen molar-refractivity contribution in [3.8, 4) is 11.5 Å². The van der Waals surface area contributed by atoms with Crippen LogP contribution in [0.4, 0.5) is 0 Å². The number of sulfonamides is 1. The molecule has 0 aliphatic rings. The quantitative estimate of drug-likeness (QED) is 0.720. The van der Waals surface area contributed by atoms with Crippen LogP contribution in [0.3, 0.4) is 0 Å². The first-order chi connectivity index (χ1) is 10.9. The molecule has 120 valence electrons. The van der Waals surface area contributed by atoms with E-state index in [1.54, 1.807) is 24.3 Å². The molecule has 0 saturated heterocycles. The third-order valence-corrected chi connectivity index (χ3v) is 6.16. The number of thiophene rings is 1. The van der Waals surface area contributed by atoms with E-state index in [0.717, 1.165) is 11.3 Å². The summed E-state index contributed by atoms with van der Waals surface area (Å²) in [6.07, 6.45) is 0. The zero-order valence-corrected chi connectivity index (χ0v) is 14.5. The van der Waals surface area contributed by atoms with E-state index in [0.29, 0.717) is 14.9 Å². The molecule has 1 N–H and O–H groups in total. The van der Waals surface area contributed by atoms with Crippen LogP contribution in [0.1, 0.15) is 5.89 Å². The highest BCUT2D eigenvalue weighted by Gasteiger charge is 2.18. The van der Waals surface area contributed by atoms with Gasteiger partial charge in [0.15, 0.2) is 0 Å². The Bertz CT molecular complexity index is 920. The molecule has 0 spiro atoms. The Balaban J connectivity index is 1.71. The number of aromatic nitrogens is 2. The maximum absolute atomic E-state index is 12.1. The Labute approximate surface area is 146 Å². The molecule has 0 atom stereocenters. The molecule has 0 radical (unpaired) electrons. The maximum atomic E-state index is 12.1. The molecule has 0 saturated carbocycles. The number of benzene rings is 1. The van der Waals surface area contributed by atoms with E-state index in [4.69, 9.17) is 27.6 Å². The van der Waals surface area contributed by atoms with Crippen LogP contribution < -0.4 is 4.72 Å². The number of nitrogens with one attached hydrogen (secondary N) is 1. The van der Waals surface area contributed by atoms with Gasteiger partial charge in [0, 0.05) is 10.6 Å². The van der Waals surface area contributed by atoms with E-state index in [1.165, 1.54) is 12.1 Å². The predicted octanol–water partition coefficient (Wildman–Crippen LogP) is 3.58. The van der Waals surface area contributed by atoms with E-state index < -0.39 is 10.0 Å². The smallest absolute Gasteiger partial charge is 0.250 e. The molecule has 0 fully saturated rings. The lowest BCUT2D eigenvalue weighted by Crippen LogP contribution is -2.22. The first kappa shape index (κ1) is 16.4. The Morgan fingerprint density at radius 3 is 2.48 bits per heavy atom. The minimum absolute atomic E-state index is 0.113. The first-order valence-corrected chi connectivity index (χ1v) is 9.33. The molecule has 10 heteroatoms. The van der Waals surface area contributed by atoms with Crippen molar-refractivity contribution in [3.05, 3.63) is 51.6 Å². The van der Waals surface area contributed by atoms with Gasteiger partial charge in [-0.15, -0.1) is 21.5 Å². The van der Waals surface area contributed by atoms with Crippen molar-refractivity contribution in [1.29, 1.82) is 0 Å². The fourth-order valence-corrected chi connectivity index (χ4v) is 4.33. The van der Waals surface area contributed by atoms with Crippen LogP contribution in [0.25, 0.3) is 11.5 Å².